The summed E-state index contributed by atoms with van der Waals surface area (Å²) in [6.45, 7) is 0.821. The fourth-order valence-electron chi connectivity index (χ4n) is 2.50. The molecule has 18 heavy (non-hydrogen) atoms. The van der Waals surface area contributed by atoms with Crippen molar-refractivity contribution in [2.24, 2.45) is 11.7 Å². The largest absolute Gasteiger partial charge is 0.397 e. The van der Waals surface area contributed by atoms with Crippen molar-refractivity contribution in [1.29, 1.82) is 0 Å². The number of nitrogens with two attached hydrogens (primary N) is 2. The van der Waals surface area contributed by atoms with Crippen LogP contribution in [0.2, 0.25) is 0 Å². The first-order chi connectivity index (χ1) is 8.66. The van der Waals surface area contributed by atoms with Crippen molar-refractivity contribution >= 4 is 17.4 Å². The molecule has 5 N–H and O–H groups in total. The van der Waals surface area contributed by atoms with Gasteiger partial charge in [0.15, 0.2) is 0 Å². The smallest absolute Gasteiger partial charge is 0.252 e. The molecule has 0 radical (unpaired) electrons. The van der Waals surface area contributed by atoms with Gasteiger partial charge in [-0.3, -0.25) is 4.79 Å². The van der Waals surface area contributed by atoms with E-state index in [2.05, 4.69) is 10.3 Å². The molecule has 1 fully saturated rings. The first-order valence-corrected chi connectivity index (χ1v) is 6.46. The van der Waals surface area contributed by atoms with E-state index < -0.39 is 5.91 Å². The zero-order valence-corrected chi connectivity index (χ0v) is 10.5. The SMILES string of the molecule is NC(=O)c1cc(N)cnc1NCCC1CCCC1. The van der Waals surface area contributed by atoms with Gasteiger partial charge in [0.05, 0.1) is 17.4 Å². The number of anilines is 2. The molecule has 1 heterocycles. The topological polar surface area (TPSA) is 94.0 Å². The molecule has 0 saturated heterocycles. The van der Waals surface area contributed by atoms with E-state index in [1.807, 2.05) is 0 Å². The number of carbonyl (C=O) groups is 1. The highest BCUT2D eigenvalue weighted by atomic mass is 16.1. The van der Waals surface area contributed by atoms with Crippen molar-refractivity contribution < 1.29 is 4.79 Å². The summed E-state index contributed by atoms with van der Waals surface area (Å²) < 4.78 is 0. The molecule has 1 aliphatic rings. The summed E-state index contributed by atoms with van der Waals surface area (Å²) >= 11 is 0. The third-order valence-electron chi connectivity index (χ3n) is 3.49. The average Bonchev–Trinajstić information content (AvgIpc) is 2.84. The highest BCUT2D eigenvalue weighted by Crippen LogP contribution is 2.27. The Labute approximate surface area is 107 Å². The molecule has 5 nitrogen and oxygen atoms in total. The van der Waals surface area contributed by atoms with E-state index in [0.717, 1.165) is 18.9 Å². The Morgan fingerprint density at radius 1 is 1.44 bits per heavy atom. The Balaban J connectivity index is 1.93. The Morgan fingerprint density at radius 2 is 2.17 bits per heavy atom. The number of nitrogens with zero attached hydrogens (tertiary/aromatic N) is 1. The fourth-order valence-corrected chi connectivity index (χ4v) is 2.50. The lowest BCUT2D eigenvalue weighted by molar-refractivity contribution is 0.100. The molecule has 1 aliphatic carbocycles. The molecule has 98 valence electrons. The Kier molecular flexibility index (Phi) is 4.02. The Hall–Kier alpha value is -1.78. The number of amides is 1. The van der Waals surface area contributed by atoms with E-state index in [0.29, 0.717) is 17.1 Å². The normalized spacial score (nSPS) is 15.8. The Morgan fingerprint density at radius 3 is 2.83 bits per heavy atom. The number of hydrogen-bond donors (Lipinski definition) is 3. The average molecular weight is 248 g/mol. The number of hydrogen-bond acceptors (Lipinski definition) is 4. The van der Waals surface area contributed by atoms with Crippen LogP contribution >= 0.6 is 0 Å². The van der Waals surface area contributed by atoms with Gasteiger partial charge >= 0.3 is 0 Å². The van der Waals surface area contributed by atoms with Crippen molar-refractivity contribution in [3.8, 4) is 0 Å². The maximum atomic E-state index is 11.3. The first-order valence-electron chi connectivity index (χ1n) is 6.46. The number of primary amides is 1. The van der Waals surface area contributed by atoms with Crippen molar-refractivity contribution in [3.63, 3.8) is 0 Å². The highest BCUT2D eigenvalue weighted by molar-refractivity contribution is 5.98. The molecule has 0 atom stereocenters. The number of carbonyl (C=O) groups excluding carboxylic acids is 1. The van der Waals surface area contributed by atoms with Crippen LogP contribution in [0.1, 0.15) is 42.5 Å². The zero-order valence-electron chi connectivity index (χ0n) is 10.5. The van der Waals surface area contributed by atoms with Crippen LogP contribution in [0, 0.1) is 5.92 Å². The van der Waals surface area contributed by atoms with Gasteiger partial charge < -0.3 is 16.8 Å². The molecular formula is C13H20N4O. The predicted octanol–water partition coefficient (Wildman–Crippen LogP) is 1.75. The molecular weight excluding hydrogens is 228 g/mol. The summed E-state index contributed by atoms with van der Waals surface area (Å²) in [5.74, 6) is 0.844. The fraction of sp³-hybridized carbons (Fsp3) is 0.538. The molecule has 0 spiro atoms. The van der Waals surface area contributed by atoms with E-state index in [4.69, 9.17) is 11.5 Å². The van der Waals surface area contributed by atoms with Gasteiger partial charge in [-0.1, -0.05) is 25.7 Å². The third kappa shape index (κ3) is 3.12. The van der Waals surface area contributed by atoms with Gasteiger partial charge in [0, 0.05) is 6.54 Å². The maximum absolute atomic E-state index is 11.3. The molecule has 1 amide bonds. The van der Waals surface area contributed by atoms with Gasteiger partial charge in [0.2, 0.25) is 0 Å². The minimum atomic E-state index is -0.502. The van der Waals surface area contributed by atoms with Crippen LogP contribution in [0.15, 0.2) is 12.3 Å². The molecule has 0 unspecified atom stereocenters. The summed E-state index contributed by atoms with van der Waals surface area (Å²) in [7, 11) is 0. The molecule has 1 saturated carbocycles. The molecule has 1 aromatic heterocycles. The third-order valence-corrected chi connectivity index (χ3v) is 3.49. The van der Waals surface area contributed by atoms with E-state index in [-0.39, 0.29) is 0 Å². The lowest BCUT2D eigenvalue weighted by Gasteiger charge is -2.12. The molecule has 2 rings (SSSR count). The van der Waals surface area contributed by atoms with Gasteiger partial charge in [-0.25, -0.2) is 4.98 Å². The number of aromatic nitrogens is 1. The first kappa shape index (κ1) is 12.7. The number of pyridine rings is 1. The van der Waals surface area contributed by atoms with Gasteiger partial charge in [-0.2, -0.15) is 0 Å². The summed E-state index contributed by atoms with van der Waals surface area (Å²) in [5, 5.41) is 3.18. The second-order valence-corrected chi connectivity index (χ2v) is 4.90. The van der Waals surface area contributed by atoms with Crippen LogP contribution in [0.4, 0.5) is 11.5 Å². The second kappa shape index (κ2) is 5.71. The van der Waals surface area contributed by atoms with Crippen molar-refractivity contribution in [2.45, 2.75) is 32.1 Å². The van der Waals surface area contributed by atoms with Crippen LogP contribution < -0.4 is 16.8 Å². The highest BCUT2D eigenvalue weighted by Gasteiger charge is 2.15. The van der Waals surface area contributed by atoms with Crippen molar-refractivity contribution in [2.75, 3.05) is 17.6 Å². The van der Waals surface area contributed by atoms with Gasteiger partial charge in [-0.15, -0.1) is 0 Å². The Bertz CT molecular complexity index is 427. The minimum Gasteiger partial charge on any atom is -0.397 e. The van der Waals surface area contributed by atoms with Crippen LogP contribution in [0.25, 0.3) is 0 Å². The number of rotatable bonds is 5. The van der Waals surface area contributed by atoms with E-state index in [9.17, 15) is 4.79 Å². The standard InChI is InChI=1S/C13H20N4O/c14-10-7-11(12(15)18)13(17-8-10)16-6-5-9-3-1-2-4-9/h7-9H,1-6,14H2,(H2,15,18)(H,16,17). The molecule has 0 bridgehead atoms. The summed E-state index contributed by atoms with van der Waals surface area (Å²) in [6, 6.07) is 1.56. The number of nitrogens with one attached hydrogen (secondary N) is 1. The zero-order chi connectivity index (χ0) is 13.0. The van der Waals surface area contributed by atoms with Gasteiger partial charge in [0.25, 0.3) is 5.91 Å². The second-order valence-electron chi connectivity index (χ2n) is 4.90. The molecule has 5 heteroatoms. The number of nitrogen functional groups attached to an aromatic ring is 1. The van der Waals surface area contributed by atoms with Crippen LogP contribution in [-0.4, -0.2) is 17.4 Å². The predicted molar refractivity (Wildman–Crippen MR) is 72.2 cm³/mol. The molecule has 0 aromatic carbocycles. The van der Waals surface area contributed by atoms with E-state index in [1.165, 1.54) is 31.9 Å². The maximum Gasteiger partial charge on any atom is 0.252 e. The van der Waals surface area contributed by atoms with Gasteiger partial charge in [-0.05, 0) is 18.4 Å². The van der Waals surface area contributed by atoms with Crippen molar-refractivity contribution in [3.05, 3.63) is 17.8 Å². The van der Waals surface area contributed by atoms with Crippen molar-refractivity contribution in [1.82, 2.24) is 4.98 Å². The molecule has 0 aliphatic heterocycles. The lowest BCUT2D eigenvalue weighted by atomic mass is 10.0. The van der Waals surface area contributed by atoms with Crippen LogP contribution in [0.3, 0.4) is 0 Å². The summed E-state index contributed by atoms with van der Waals surface area (Å²) in [4.78, 5) is 15.4. The van der Waals surface area contributed by atoms with Gasteiger partial charge in [0.1, 0.15) is 5.82 Å². The minimum absolute atomic E-state index is 0.362. The molecule has 1 aromatic rings. The summed E-state index contributed by atoms with van der Waals surface area (Å²) in [5.41, 5.74) is 11.7. The summed E-state index contributed by atoms with van der Waals surface area (Å²) in [6.07, 6.45) is 7.97. The van der Waals surface area contributed by atoms with Crippen LogP contribution in [-0.2, 0) is 0 Å². The quantitative estimate of drug-likeness (QED) is 0.740. The lowest BCUT2D eigenvalue weighted by Crippen LogP contribution is -2.17. The van der Waals surface area contributed by atoms with E-state index in [1.54, 1.807) is 6.07 Å². The van der Waals surface area contributed by atoms with Crippen LogP contribution in [0.5, 0.6) is 0 Å². The monoisotopic (exact) mass is 248 g/mol. The van der Waals surface area contributed by atoms with E-state index >= 15 is 0 Å².